The summed E-state index contributed by atoms with van der Waals surface area (Å²) in [5.74, 6) is -0.0592. The lowest BCUT2D eigenvalue weighted by molar-refractivity contribution is -0.135. The Morgan fingerprint density at radius 3 is 2.40 bits per heavy atom. The lowest BCUT2D eigenvalue weighted by Crippen LogP contribution is -2.07. The predicted molar refractivity (Wildman–Crippen MR) is 79.2 cm³/mol. The Bertz CT molecular complexity index is 695. The molecule has 0 saturated carbocycles. The van der Waals surface area contributed by atoms with Crippen molar-refractivity contribution in [3.8, 4) is 17.5 Å². The van der Waals surface area contributed by atoms with Crippen LogP contribution in [0.1, 0.15) is 18.4 Å². The molecule has 2 rings (SSSR count). The van der Waals surface area contributed by atoms with Crippen molar-refractivity contribution >= 4 is 11.6 Å². The number of aromatic nitrogens is 2. The van der Waals surface area contributed by atoms with Crippen molar-refractivity contribution in [2.45, 2.75) is 32.1 Å². The summed E-state index contributed by atoms with van der Waals surface area (Å²) in [4.78, 5) is 7.41. The average molecular weight is 383 g/mol. The van der Waals surface area contributed by atoms with Crippen LogP contribution in [0.4, 0.5) is 22.0 Å². The second kappa shape index (κ2) is 8.28. The van der Waals surface area contributed by atoms with Gasteiger partial charge in [0.15, 0.2) is 5.75 Å². The number of hydrogen-bond acceptors (Lipinski definition) is 4. The molecule has 1 aromatic carbocycles. The highest BCUT2D eigenvalue weighted by Gasteiger charge is 2.26. The van der Waals surface area contributed by atoms with Gasteiger partial charge in [-0.05, 0) is 25.0 Å². The molecule has 25 heavy (non-hydrogen) atoms. The molecule has 136 valence electrons. The monoisotopic (exact) mass is 382 g/mol. The van der Waals surface area contributed by atoms with Gasteiger partial charge in [-0.1, -0.05) is 17.7 Å². The maximum Gasteiger partial charge on any atom is 0.389 e. The Morgan fingerprint density at radius 1 is 1.12 bits per heavy atom. The molecule has 0 bridgehead atoms. The topological polar surface area (TPSA) is 44.2 Å². The SMILES string of the molecule is FC(F)Oc1cnc(Oc2cccc(Cl)c2CCCC(F)(F)F)nc1. The van der Waals surface area contributed by atoms with E-state index in [0.29, 0.717) is 5.56 Å². The Kier molecular flexibility index (Phi) is 6.35. The lowest BCUT2D eigenvalue weighted by atomic mass is 10.1. The summed E-state index contributed by atoms with van der Waals surface area (Å²) in [6.45, 7) is -3.01. The summed E-state index contributed by atoms with van der Waals surface area (Å²) in [6, 6.07) is 4.40. The van der Waals surface area contributed by atoms with Crippen LogP contribution in [0, 0.1) is 0 Å². The van der Waals surface area contributed by atoms with E-state index < -0.39 is 19.2 Å². The largest absolute Gasteiger partial charge is 0.432 e. The van der Waals surface area contributed by atoms with Crippen LogP contribution in [0.2, 0.25) is 5.02 Å². The van der Waals surface area contributed by atoms with Gasteiger partial charge >= 0.3 is 18.8 Å². The van der Waals surface area contributed by atoms with Crippen molar-refractivity contribution < 1.29 is 31.4 Å². The van der Waals surface area contributed by atoms with Crippen LogP contribution in [0.3, 0.4) is 0 Å². The van der Waals surface area contributed by atoms with Crippen molar-refractivity contribution in [1.82, 2.24) is 9.97 Å². The molecule has 10 heteroatoms. The van der Waals surface area contributed by atoms with E-state index in [1.807, 2.05) is 0 Å². The predicted octanol–water partition coefficient (Wildman–Crippen LogP) is 5.41. The first kappa shape index (κ1) is 19.2. The highest BCUT2D eigenvalue weighted by Crippen LogP contribution is 2.32. The Morgan fingerprint density at radius 2 is 1.80 bits per heavy atom. The summed E-state index contributed by atoms with van der Waals surface area (Å²) >= 11 is 6.02. The van der Waals surface area contributed by atoms with Crippen molar-refractivity contribution in [3.63, 3.8) is 0 Å². The van der Waals surface area contributed by atoms with Crippen molar-refractivity contribution in [3.05, 3.63) is 41.2 Å². The minimum atomic E-state index is -4.26. The molecule has 0 aliphatic rings. The molecule has 0 fully saturated rings. The quantitative estimate of drug-likeness (QED) is 0.601. The van der Waals surface area contributed by atoms with Gasteiger partial charge in [0, 0.05) is 17.0 Å². The molecule has 2 aromatic rings. The molecular weight excluding hydrogens is 371 g/mol. The molecule has 0 aliphatic heterocycles. The van der Waals surface area contributed by atoms with Crippen LogP contribution in [0.25, 0.3) is 0 Å². The summed E-state index contributed by atoms with van der Waals surface area (Å²) in [5, 5.41) is 0.248. The molecule has 0 saturated heterocycles. The zero-order chi connectivity index (χ0) is 18.4. The Hall–Kier alpha value is -2.16. The zero-order valence-corrected chi connectivity index (χ0v) is 13.3. The number of hydrogen-bond donors (Lipinski definition) is 0. The van der Waals surface area contributed by atoms with E-state index in [9.17, 15) is 22.0 Å². The highest BCUT2D eigenvalue weighted by atomic mass is 35.5. The van der Waals surface area contributed by atoms with Crippen molar-refractivity contribution in [2.75, 3.05) is 0 Å². The summed E-state index contributed by atoms with van der Waals surface area (Å²) in [6.07, 6.45) is -3.35. The van der Waals surface area contributed by atoms with Crippen molar-refractivity contribution in [2.24, 2.45) is 0 Å². The van der Waals surface area contributed by atoms with Gasteiger partial charge in [-0.2, -0.15) is 31.9 Å². The molecule has 4 nitrogen and oxygen atoms in total. The molecule has 1 heterocycles. The van der Waals surface area contributed by atoms with Gasteiger partial charge in [-0.15, -0.1) is 0 Å². The molecule has 0 amide bonds. The highest BCUT2D eigenvalue weighted by molar-refractivity contribution is 6.31. The molecular formula is C15H12ClF5N2O2. The first-order chi connectivity index (χ1) is 11.7. The maximum atomic E-state index is 12.3. The number of benzene rings is 1. The van der Waals surface area contributed by atoms with Gasteiger partial charge in [-0.25, -0.2) is 0 Å². The molecule has 0 atom stereocenters. The third-order valence-corrected chi connectivity index (χ3v) is 3.35. The van der Waals surface area contributed by atoms with Gasteiger partial charge in [-0.3, -0.25) is 0 Å². The number of halogens is 6. The zero-order valence-electron chi connectivity index (χ0n) is 12.6. The first-order valence-corrected chi connectivity index (χ1v) is 7.41. The van der Waals surface area contributed by atoms with Crippen LogP contribution >= 0.6 is 11.6 Å². The second-order valence-corrected chi connectivity index (χ2v) is 5.27. The summed E-state index contributed by atoms with van der Waals surface area (Å²) in [7, 11) is 0. The smallest absolute Gasteiger partial charge is 0.389 e. The molecule has 0 unspecified atom stereocenters. The number of rotatable bonds is 7. The van der Waals surface area contributed by atoms with Gasteiger partial charge in [0.2, 0.25) is 0 Å². The van der Waals surface area contributed by atoms with Crippen LogP contribution < -0.4 is 9.47 Å². The number of ether oxygens (including phenoxy) is 2. The minimum absolute atomic E-state index is 0.0428. The molecule has 0 N–H and O–H groups in total. The summed E-state index contributed by atoms with van der Waals surface area (Å²) < 4.78 is 70.5. The maximum absolute atomic E-state index is 12.3. The van der Waals surface area contributed by atoms with Crippen LogP contribution in [-0.4, -0.2) is 22.8 Å². The van der Waals surface area contributed by atoms with Crippen molar-refractivity contribution in [1.29, 1.82) is 0 Å². The van der Waals surface area contributed by atoms with Crippen LogP contribution in [-0.2, 0) is 6.42 Å². The third kappa shape index (κ3) is 6.33. The van der Waals surface area contributed by atoms with E-state index in [2.05, 4.69) is 14.7 Å². The third-order valence-electron chi connectivity index (χ3n) is 2.99. The fourth-order valence-electron chi connectivity index (χ4n) is 1.96. The second-order valence-electron chi connectivity index (χ2n) is 4.87. The first-order valence-electron chi connectivity index (χ1n) is 7.03. The van der Waals surface area contributed by atoms with E-state index in [1.165, 1.54) is 12.1 Å². The van der Waals surface area contributed by atoms with Gasteiger partial charge in [0.1, 0.15) is 5.75 Å². The standard InChI is InChI=1S/C15H12ClF5N2O2/c16-11-4-1-5-12(10(11)3-2-6-15(19,20)21)25-14-22-7-9(8-23-14)24-13(17)18/h1,4-5,7-8,13H,2-3,6H2. The minimum Gasteiger partial charge on any atom is -0.432 e. The Labute approximate surface area is 144 Å². The molecule has 1 aromatic heterocycles. The van der Waals surface area contributed by atoms with Crippen LogP contribution in [0.15, 0.2) is 30.6 Å². The van der Waals surface area contributed by atoms with Crippen LogP contribution in [0.5, 0.6) is 17.5 Å². The lowest BCUT2D eigenvalue weighted by Gasteiger charge is -2.12. The van der Waals surface area contributed by atoms with Gasteiger partial charge in [0.25, 0.3) is 0 Å². The summed E-state index contributed by atoms with van der Waals surface area (Å²) in [5.41, 5.74) is 0.380. The fourth-order valence-corrected chi connectivity index (χ4v) is 2.22. The molecule has 0 aliphatic carbocycles. The normalized spacial score (nSPS) is 11.6. The number of nitrogens with zero attached hydrogens (tertiary/aromatic N) is 2. The average Bonchev–Trinajstić information content (AvgIpc) is 2.50. The molecule has 0 radical (unpaired) electrons. The van der Waals surface area contributed by atoms with E-state index in [0.717, 1.165) is 12.4 Å². The van der Waals surface area contributed by atoms with Gasteiger partial charge in [0.05, 0.1) is 12.4 Å². The van der Waals surface area contributed by atoms with E-state index in [1.54, 1.807) is 6.07 Å². The fraction of sp³-hybridized carbons (Fsp3) is 0.333. The van der Waals surface area contributed by atoms with E-state index in [-0.39, 0.29) is 35.4 Å². The Balaban J connectivity index is 2.09. The molecule has 0 spiro atoms. The van der Waals surface area contributed by atoms with Gasteiger partial charge < -0.3 is 9.47 Å². The van der Waals surface area contributed by atoms with E-state index in [4.69, 9.17) is 16.3 Å². The number of alkyl halides is 5. The van der Waals surface area contributed by atoms with E-state index >= 15 is 0 Å².